The minimum atomic E-state index is -0.231. The Morgan fingerprint density at radius 1 is 1.16 bits per heavy atom. The molecule has 0 saturated carbocycles. The van der Waals surface area contributed by atoms with Crippen LogP contribution < -0.4 is 0 Å². The molecule has 0 unspecified atom stereocenters. The van der Waals surface area contributed by atoms with Crippen LogP contribution in [-0.2, 0) is 0 Å². The molecular weight excluding hydrogens is 239 g/mol. The van der Waals surface area contributed by atoms with Crippen LogP contribution in [0.25, 0.3) is 17.3 Å². The molecule has 0 aliphatic heterocycles. The lowest BCUT2D eigenvalue weighted by atomic mass is 10.0. The highest BCUT2D eigenvalue weighted by atomic mass is 19.1. The Kier molecular flexibility index (Phi) is 3.03. The molecule has 0 fully saturated rings. The van der Waals surface area contributed by atoms with Gasteiger partial charge in [-0.1, -0.05) is 12.2 Å². The monoisotopic (exact) mass is 254 g/mol. The van der Waals surface area contributed by atoms with Crippen molar-refractivity contribution in [3.8, 4) is 5.69 Å². The van der Waals surface area contributed by atoms with Gasteiger partial charge in [-0.15, -0.1) is 0 Å². The van der Waals surface area contributed by atoms with E-state index in [-0.39, 0.29) is 5.82 Å². The molecule has 0 N–H and O–H groups in total. The van der Waals surface area contributed by atoms with Crippen molar-refractivity contribution < 1.29 is 4.39 Å². The molecule has 3 rings (SSSR count). The van der Waals surface area contributed by atoms with E-state index in [1.165, 1.54) is 17.7 Å². The maximum atomic E-state index is 13.0. The molecule has 0 radical (unpaired) electrons. The third kappa shape index (κ3) is 2.24. The standard InChI is InChI=1S/C16H15FN2/c1-12-5-3-2-4-6-16-15(12)11-18-19(16)14-9-7-13(17)8-10-14/h4-11H,2-3H2,1H3. The molecule has 1 aromatic carbocycles. The smallest absolute Gasteiger partial charge is 0.123 e. The largest absolute Gasteiger partial charge is 0.233 e. The summed E-state index contributed by atoms with van der Waals surface area (Å²) in [4.78, 5) is 0. The van der Waals surface area contributed by atoms with Crippen LogP contribution in [0.1, 0.15) is 31.0 Å². The summed E-state index contributed by atoms with van der Waals surface area (Å²) < 4.78 is 14.9. The number of fused-ring (bicyclic) bond motifs is 1. The Hall–Kier alpha value is -2.16. The third-order valence-corrected chi connectivity index (χ3v) is 3.36. The molecule has 0 saturated heterocycles. The van der Waals surface area contributed by atoms with E-state index in [1.807, 2.05) is 10.9 Å². The molecule has 96 valence electrons. The summed E-state index contributed by atoms with van der Waals surface area (Å²) in [6, 6.07) is 6.40. The third-order valence-electron chi connectivity index (χ3n) is 3.36. The fourth-order valence-electron chi connectivity index (χ4n) is 2.31. The first kappa shape index (κ1) is 11.9. The Bertz CT molecular complexity index is 648. The van der Waals surface area contributed by atoms with Crippen LogP contribution in [0.5, 0.6) is 0 Å². The van der Waals surface area contributed by atoms with Crippen molar-refractivity contribution in [3.05, 3.63) is 59.7 Å². The van der Waals surface area contributed by atoms with E-state index in [1.54, 1.807) is 12.1 Å². The molecule has 0 amide bonds. The fraction of sp³-hybridized carbons (Fsp3) is 0.188. The summed E-state index contributed by atoms with van der Waals surface area (Å²) in [5.41, 5.74) is 4.31. The van der Waals surface area contributed by atoms with E-state index in [0.717, 1.165) is 29.8 Å². The topological polar surface area (TPSA) is 17.8 Å². The highest BCUT2D eigenvalue weighted by molar-refractivity contribution is 5.72. The Morgan fingerprint density at radius 2 is 1.95 bits per heavy atom. The number of allylic oxidation sites excluding steroid dienone is 3. The Labute approximate surface area is 111 Å². The van der Waals surface area contributed by atoms with E-state index >= 15 is 0 Å². The zero-order chi connectivity index (χ0) is 13.2. The molecule has 3 heteroatoms. The number of nitrogens with zero attached hydrogens (tertiary/aromatic N) is 2. The maximum absolute atomic E-state index is 13.0. The van der Waals surface area contributed by atoms with Crippen molar-refractivity contribution in [2.24, 2.45) is 0 Å². The summed E-state index contributed by atoms with van der Waals surface area (Å²) in [6.45, 7) is 2.11. The van der Waals surface area contributed by atoms with Gasteiger partial charge in [-0.25, -0.2) is 9.07 Å². The van der Waals surface area contributed by atoms with Crippen molar-refractivity contribution in [2.45, 2.75) is 19.8 Å². The van der Waals surface area contributed by atoms with Crippen LogP contribution in [0.4, 0.5) is 4.39 Å². The fourth-order valence-corrected chi connectivity index (χ4v) is 2.31. The maximum Gasteiger partial charge on any atom is 0.123 e. The quantitative estimate of drug-likeness (QED) is 0.745. The minimum absolute atomic E-state index is 0.231. The molecule has 0 spiro atoms. The lowest BCUT2D eigenvalue weighted by Gasteiger charge is -2.08. The molecule has 1 aliphatic carbocycles. The number of hydrogen-bond acceptors (Lipinski definition) is 1. The molecule has 2 nitrogen and oxygen atoms in total. The first-order chi connectivity index (χ1) is 9.25. The number of rotatable bonds is 1. The molecule has 1 aromatic heterocycles. The average molecular weight is 254 g/mol. The SMILES string of the molecule is CC1=CCCC=Cc2c1cnn2-c1ccc(F)cc1. The van der Waals surface area contributed by atoms with Crippen molar-refractivity contribution in [3.63, 3.8) is 0 Å². The summed E-state index contributed by atoms with van der Waals surface area (Å²) in [5, 5.41) is 4.43. The molecule has 1 heterocycles. The molecule has 2 aromatic rings. The van der Waals surface area contributed by atoms with Crippen LogP contribution in [0.15, 0.2) is 42.6 Å². The van der Waals surface area contributed by atoms with Gasteiger partial charge in [-0.05, 0) is 55.7 Å². The zero-order valence-electron chi connectivity index (χ0n) is 10.8. The highest BCUT2D eigenvalue weighted by Gasteiger charge is 2.12. The summed E-state index contributed by atoms with van der Waals surface area (Å²) in [6.07, 6.45) is 10.5. The van der Waals surface area contributed by atoms with Crippen LogP contribution in [0, 0.1) is 5.82 Å². The van der Waals surface area contributed by atoms with Crippen LogP contribution >= 0.6 is 0 Å². The first-order valence-electron chi connectivity index (χ1n) is 6.43. The number of benzene rings is 1. The van der Waals surface area contributed by atoms with E-state index in [4.69, 9.17) is 0 Å². The minimum Gasteiger partial charge on any atom is -0.233 e. The summed E-state index contributed by atoms with van der Waals surface area (Å²) in [7, 11) is 0. The van der Waals surface area contributed by atoms with Gasteiger partial charge < -0.3 is 0 Å². The van der Waals surface area contributed by atoms with Gasteiger partial charge in [0.2, 0.25) is 0 Å². The van der Waals surface area contributed by atoms with Gasteiger partial charge >= 0.3 is 0 Å². The van der Waals surface area contributed by atoms with Gasteiger partial charge in [-0.3, -0.25) is 0 Å². The second kappa shape index (κ2) is 4.84. The Balaban J connectivity index is 2.14. The lowest BCUT2D eigenvalue weighted by Crippen LogP contribution is -2.00. The van der Waals surface area contributed by atoms with Crippen LogP contribution in [0.2, 0.25) is 0 Å². The summed E-state index contributed by atoms with van der Waals surface area (Å²) in [5.74, 6) is -0.231. The predicted octanol–water partition coefficient (Wildman–Crippen LogP) is 4.22. The molecular formula is C16H15FN2. The van der Waals surface area contributed by atoms with E-state index in [9.17, 15) is 4.39 Å². The molecule has 19 heavy (non-hydrogen) atoms. The van der Waals surface area contributed by atoms with Crippen LogP contribution in [-0.4, -0.2) is 9.78 Å². The average Bonchev–Trinajstić information content (AvgIpc) is 2.80. The van der Waals surface area contributed by atoms with Gasteiger partial charge in [0.15, 0.2) is 0 Å². The predicted molar refractivity (Wildman–Crippen MR) is 75.4 cm³/mol. The Morgan fingerprint density at radius 3 is 2.74 bits per heavy atom. The van der Waals surface area contributed by atoms with E-state index in [2.05, 4.69) is 30.3 Å². The van der Waals surface area contributed by atoms with Crippen LogP contribution in [0.3, 0.4) is 0 Å². The van der Waals surface area contributed by atoms with Gasteiger partial charge in [0.25, 0.3) is 0 Å². The number of aromatic nitrogens is 2. The van der Waals surface area contributed by atoms with Crippen molar-refractivity contribution in [2.75, 3.05) is 0 Å². The summed E-state index contributed by atoms with van der Waals surface area (Å²) >= 11 is 0. The van der Waals surface area contributed by atoms with Crippen molar-refractivity contribution >= 4 is 11.6 Å². The van der Waals surface area contributed by atoms with E-state index in [0.29, 0.717) is 0 Å². The highest BCUT2D eigenvalue weighted by Crippen LogP contribution is 2.25. The van der Waals surface area contributed by atoms with Crippen molar-refractivity contribution in [1.82, 2.24) is 9.78 Å². The number of hydrogen-bond donors (Lipinski definition) is 0. The van der Waals surface area contributed by atoms with Crippen molar-refractivity contribution in [1.29, 1.82) is 0 Å². The molecule has 0 atom stereocenters. The lowest BCUT2D eigenvalue weighted by molar-refractivity contribution is 0.627. The normalized spacial score (nSPS) is 14.5. The second-order valence-electron chi connectivity index (χ2n) is 4.70. The van der Waals surface area contributed by atoms with E-state index < -0.39 is 0 Å². The number of halogens is 1. The first-order valence-corrected chi connectivity index (χ1v) is 6.43. The van der Waals surface area contributed by atoms with Gasteiger partial charge in [0, 0.05) is 5.56 Å². The molecule has 1 aliphatic rings. The second-order valence-corrected chi connectivity index (χ2v) is 4.70. The van der Waals surface area contributed by atoms with Gasteiger partial charge in [0.05, 0.1) is 17.6 Å². The van der Waals surface area contributed by atoms with Gasteiger partial charge in [0.1, 0.15) is 5.82 Å². The molecule has 0 bridgehead atoms. The van der Waals surface area contributed by atoms with Gasteiger partial charge in [-0.2, -0.15) is 5.10 Å². The zero-order valence-corrected chi connectivity index (χ0v) is 10.8.